The number of methoxy groups -OCH3 is 1. The third-order valence-electron chi connectivity index (χ3n) is 3.51. The maximum Gasteiger partial charge on any atom is 0.123 e. The summed E-state index contributed by atoms with van der Waals surface area (Å²) in [4.78, 5) is 0. The molecule has 0 spiro atoms. The van der Waals surface area contributed by atoms with Crippen LogP contribution in [-0.4, -0.2) is 13.7 Å². The van der Waals surface area contributed by atoms with Crippen molar-refractivity contribution >= 4 is 10.8 Å². The predicted octanol–water partition coefficient (Wildman–Crippen LogP) is 2.45. The minimum Gasteiger partial charge on any atom is -0.496 e. The number of hydrogen-bond donors (Lipinski definition) is 1. The van der Waals surface area contributed by atoms with Crippen molar-refractivity contribution in [1.82, 2.24) is 0 Å². The van der Waals surface area contributed by atoms with E-state index in [9.17, 15) is 0 Å². The lowest BCUT2D eigenvalue weighted by molar-refractivity contribution is 0.407. The summed E-state index contributed by atoms with van der Waals surface area (Å²) in [7, 11) is 1.73. The maximum atomic E-state index is 5.86. The van der Waals surface area contributed by atoms with E-state index < -0.39 is 0 Å². The lowest BCUT2D eigenvalue weighted by Crippen LogP contribution is -2.12. The molecule has 1 unspecified atom stereocenters. The van der Waals surface area contributed by atoms with E-state index in [1.807, 2.05) is 0 Å². The molecule has 0 saturated carbocycles. The zero-order valence-electron chi connectivity index (χ0n) is 9.36. The number of hydrogen-bond acceptors (Lipinski definition) is 2. The summed E-state index contributed by atoms with van der Waals surface area (Å²) in [5, 5.41) is 2.65. The Morgan fingerprint density at radius 1 is 1.31 bits per heavy atom. The van der Waals surface area contributed by atoms with Gasteiger partial charge in [0.25, 0.3) is 0 Å². The van der Waals surface area contributed by atoms with Gasteiger partial charge in [-0.2, -0.15) is 0 Å². The van der Waals surface area contributed by atoms with Crippen LogP contribution in [0.15, 0.2) is 30.3 Å². The Bertz CT molecular complexity index is 548. The number of ether oxygens (including phenoxy) is 1. The smallest absolute Gasteiger partial charge is 0.123 e. The van der Waals surface area contributed by atoms with E-state index in [1.54, 1.807) is 7.11 Å². The summed E-state index contributed by atoms with van der Waals surface area (Å²) in [5.74, 6) is 1.39. The van der Waals surface area contributed by atoms with E-state index in [-0.39, 0.29) is 0 Å². The van der Waals surface area contributed by atoms with E-state index in [4.69, 9.17) is 10.5 Å². The van der Waals surface area contributed by atoms with Crippen molar-refractivity contribution in [3.05, 3.63) is 41.5 Å². The third-order valence-corrected chi connectivity index (χ3v) is 3.51. The molecule has 0 bridgehead atoms. The average Bonchev–Trinajstić information content (AvgIpc) is 2.71. The van der Waals surface area contributed by atoms with Gasteiger partial charge in [-0.3, -0.25) is 0 Å². The normalized spacial score (nSPS) is 18.0. The molecule has 1 aliphatic rings. The minimum absolute atomic E-state index is 0.413. The van der Waals surface area contributed by atoms with Crippen LogP contribution in [-0.2, 0) is 6.42 Å². The van der Waals surface area contributed by atoms with Gasteiger partial charge in [-0.1, -0.05) is 24.3 Å². The molecule has 0 heterocycles. The molecule has 2 nitrogen and oxygen atoms in total. The van der Waals surface area contributed by atoms with Gasteiger partial charge in [0.2, 0.25) is 0 Å². The van der Waals surface area contributed by atoms with Gasteiger partial charge >= 0.3 is 0 Å². The Balaban J connectivity index is 2.38. The van der Waals surface area contributed by atoms with Crippen LogP contribution in [0.25, 0.3) is 10.8 Å². The van der Waals surface area contributed by atoms with E-state index in [2.05, 4.69) is 30.3 Å². The second-order valence-electron chi connectivity index (χ2n) is 4.33. The van der Waals surface area contributed by atoms with Gasteiger partial charge in [0.05, 0.1) is 7.11 Å². The lowest BCUT2D eigenvalue weighted by atomic mass is 9.99. The Hall–Kier alpha value is -1.54. The standard InChI is InChI=1S/C14H15NO/c1-16-12-6-5-9-3-2-4-10-7-11(8-15)14(12)13(9)10/h2-6,11H,7-8,15H2,1H3. The van der Waals surface area contributed by atoms with E-state index in [0.717, 1.165) is 12.2 Å². The van der Waals surface area contributed by atoms with Crippen molar-refractivity contribution < 1.29 is 4.74 Å². The fourth-order valence-electron chi connectivity index (χ4n) is 2.79. The first kappa shape index (κ1) is 9.67. The number of rotatable bonds is 2. The Labute approximate surface area is 95.0 Å². The van der Waals surface area contributed by atoms with E-state index in [0.29, 0.717) is 12.5 Å². The summed E-state index contributed by atoms with van der Waals surface area (Å²) in [6, 6.07) is 10.6. The van der Waals surface area contributed by atoms with E-state index in [1.165, 1.54) is 21.9 Å². The Morgan fingerprint density at radius 3 is 2.94 bits per heavy atom. The molecule has 1 atom stereocenters. The molecule has 0 aromatic heterocycles. The van der Waals surface area contributed by atoms with Gasteiger partial charge in [0.15, 0.2) is 0 Å². The van der Waals surface area contributed by atoms with Crippen LogP contribution in [0.4, 0.5) is 0 Å². The molecule has 3 rings (SSSR count). The molecular formula is C14H15NO. The highest BCUT2D eigenvalue weighted by Crippen LogP contribution is 2.42. The lowest BCUT2D eigenvalue weighted by Gasteiger charge is -2.13. The third kappa shape index (κ3) is 1.17. The molecule has 2 aromatic carbocycles. The van der Waals surface area contributed by atoms with Crippen LogP contribution in [0.1, 0.15) is 17.0 Å². The second kappa shape index (κ2) is 3.49. The Kier molecular flexibility index (Phi) is 2.11. The van der Waals surface area contributed by atoms with Gasteiger partial charge in [0.1, 0.15) is 5.75 Å². The van der Waals surface area contributed by atoms with Gasteiger partial charge in [-0.05, 0) is 35.4 Å². The summed E-state index contributed by atoms with van der Waals surface area (Å²) >= 11 is 0. The molecule has 0 fully saturated rings. The molecule has 0 saturated heterocycles. The highest BCUT2D eigenvalue weighted by molar-refractivity contribution is 5.93. The summed E-state index contributed by atoms with van der Waals surface area (Å²) in [6.07, 6.45) is 1.05. The van der Waals surface area contributed by atoms with Crippen LogP contribution in [0, 0.1) is 0 Å². The van der Waals surface area contributed by atoms with Gasteiger partial charge in [-0.25, -0.2) is 0 Å². The van der Waals surface area contributed by atoms with Crippen LogP contribution in [0.3, 0.4) is 0 Å². The minimum atomic E-state index is 0.413. The van der Waals surface area contributed by atoms with E-state index >= 15 is 0 Å². The highest BCUT2D eigenvalue weighted by atomic mass is 16.5. The highest BCUT2D eigenvalue weighted by Gasteiger charge is 2.26. The molecular weight excluding hydrogens is 198 g/mol. The molecule has 2 aromatic rings. The molecule has 16 heavy (non-hydrogen) atoms. The zero-order chi connectivity index (χ0) is 11.1. The summed E-state index contributed by atoms with van der Waals surface area (Å²) < 4.78 is 5.45. The zero-order valence-corrected chi connectivity index (χ0v) is 9.36. The quantitative estimate of drug-likeness (QED) is 0.831. The SMILES string of the molecule is COc1ccc2cccc3c2c1C(CN)C3. The summed E-state index contributed by atoms with van der Waals surface area (Å²) in [5.41, 5.74) is 8.56. The van der Waals surface area contributed by atoms with Gasteiger partial charge in [-0.15, -0.1) is 0 Å². The van der Waals surface area contributed by atoms with Crippen LogP contribution in [0.2, 0.25) is 0 Å². The topological polar surface area (TPSA) is 35.2 Å². The van der Waals surface area contributed by atoms with Gasteiger partial charge < -0.3 is 10.5 Å². The Morgan fingerprint density at radius 2 is 2.19 bits per heavy atom. The van der Waals surface area contributed by atoms with Crippen LogP contribution in [0.5, 0.6) is 5.75 Å². The molecule has 2 heteroatoms. The van der Waals surface area contributed by atoms with Crippen molar-refractivity contribution in [1.29, 1.82) is 0 Å². The predicted molar refractivity (Wildman–Crippen MR) is 66.0 cm³/mol. The first-order valence-electron chi connectivity index (χ1n) is 5.63. The van der Waals surface area contributed by atoms with Crippen molar-refractivity contribution in [2.45, 2.75) is 12.3 Å². The first-order valence-corrected chi connectivity index (χ1v) is 5.63. The van der Waals surface area contributed by atoms with Crippen molar-refractivity contribution in [3.63, 3.8) is 0 Å². The van der Waals surface area contributed by atoms with Crippen LogP contribution >= 0.6 is 0 Å². The molecule has 2 N–H and O–H groups in total. The molecule has 82 valence electrons. The van der Waals surface area contributed by atoms with Gasteiger partial charge in [0, 0.05) is 11.5 Å². The monoisotopic (exact) mass is 213 g/mol. The molecule has 1 aliphatic carbocycles. The largest absolute Gasteiger partial charge is 0.496 e. The summed E-state index contributed by atoms with van der Waals surface area (Å²) in [6.45, 7) is 0.685. The number of benzene rings is 2. The molecule has 0 radical (unpaired) electrons. The fraction of sp³-hybridized carbons (Fsp3) is 0.286. The van der Waals surface area contributed by atoms with Crippen LogP contribution < -0.4 is 10.5 Å². The molecule has 0 aliphatic heterocycles. The number of nitrogens with two attached hydrogens (primary N) is 1. The van der Waals surface area contributed by atoms with Crippen molar-refractivity contribution in [2.24, 2.45) is 5.73 Å². The molecule has 0 amide bonds. The second-order valence-corrected chi connectivity index (χ2v) is 4.33. The fourth-order valence-corrected chi connectivity index (χ4v) is 2.79. The maximum absolute atomic E-state index is 5.86. The van der Waals surface area contributed by atoms with Crippen molar-refractivity contribution in [3.8, 4) is 5.75 Å². The first-order chi connectivity index (χ1) is 7.85. The average molecular weight is 213 g/mol. The van der Waals surface area contributed by atoms with Crippen molar-refractivity contribution in [2.75, 3.05) is 13.7 Å².